The Morgan fingerprint density at radius 1 is 1.03 bits per heavy atom. The average Bonchev–Trinajstić information content (AvgIpc) is 3.02. The molecule has 11 heteroatoms. The number of amidine groups is 1. The minimum absolute atomic E-state index is 0.0220. The molecule has 10 nitrogen and oxygen atoms in total. The molecular weight excluding hydrogens is 448 g/mol. The molecule has 2 aromatic carbocycles. The van der Waals surface area contributed by atoms with E-state index in [-0.39, 0.29) is 29.6 Å². The summed E-state index contributed by atoms with van der Waals surface area (Å²) >= 11 is 0. The van der Waals surface area contributed by atoms with Crippen LogP contribution < -0.4 is 15.4 Å². The van der Waals surface area contributed by atoms with Crippen molar-refractivity contribution in [1.82, 2.24) is 4.72 Å². The van der Waals surface area contributed by atoms with E-state index in [1.807, 2.05) is 0 Å². The summed E-state index contributed by atoms with van der Waals surface area (Å²) in [4.78, 5) is 39.8. The Bertz CT molecular complexity index is 1190. The molecule has 3 rings (SSSR count). The fraction of sp³-hybridized carbons (Fsp3) is 0.273. The van der Waals surface area contributed by atoms with Crippen LogP contribution in [0.25, 0.3) is 0 Å². The lowest BCUT2D eigenvalue weighted by Crippen LogP contribution is -2.30. The first-order valence-electron chi connectivity index (χ1n) is 10.2. The number of fused-ring (bicyclic) bond motifs is 1. The predicted molar refractivity (Wildman–Crippen MR) is 122 cm³/mol. The molecule has 33 heavy (non-hydrogen) atoms. The molecule has 0 spiro atoms. The first-order chi connectivity index (χ1) is 15.7. The molecule has 2 amide bonds. The normalized spacial score (nSPS) is 15.8. The molecule has 0 unspecified atom stereocenters. The highest BCUT2D eigenvalue weighted by Gasteiger charge is 2.29. The molecule has 1 atom stereocenters. The summed E-state index contributed by atoms with van der Waals surface area (Å²) in [5.41, 5.74) is 1.58. The van der Waals surface area contributed by atoms with E-state index >= 15 is 0 Å². The van der Waals surface area contributed by atoms with Gasteiger partial charge in [0.25, 0.3) is 15.9 Å². The number of aliphatic imine (C=N–C) groups is 1. The van der Waals surface area contributed by atoms with Crippen molar-refractivity contribution in [2.75, 3.05) is 17.2 Å². The summed E-state index contributed by atoms with van der Waals surface area (Å²) in [7, 11) is -3.60. The number of anilines is 2. The highest BCUT2D eigenvalue weighted by atomic mass is 32.2. The van der Waals surface area contributed by atoms with E-state index in [1.54, 1.807) is 42.5 Å². The number of amides is 2. The number of carbonyl (C=O) groups is 3. The van der Waals surface area contributed by atoms with Crippen LogP contribution >= 0.6 is 0 Å². The summed E-state index contributed by atoms with van der Waals surface area (Å²) in [5, 5.41) is 5.25. The molecule has 0 bridgehead atoms. The van der Waals surface area contributed by atoms with E-state index in [2.05, 4.69) is 20.3 Å². The summed E-state index contributed by atoms with van der Waals surface area (Å²) in [6, 6.07) is 13.0. The molecule has 0 saturated heterocycles. The monoisotopic (exact) mass is 472 g/mol. The fourth-order valence-corrected chi connectivity index (χ4v) is 4.31. The Morgan fingerprint density at radius 2 is 1.67 bits per heavy atom. The first-order valence-corrected chi connectivity index (χ1v) is 11.7. The predicted octanol–water partition coefficient (Wildman–Crippen LogP) is 2.03. The molecule has 174 valence electrons. The number of nitrogens with one attached hydrogen (secondary N) is 3. The van der Waals surface area contributed by atoms with Gasteiger partial charge in [0.05, 0.1) is 4.90 Å². The van der Waals surface area contributed by atoms with E-state index in [0.29, 0.717) is 23.4 Å². The number of rotatable bonds is 8. The number of ether oxygens (including phenoxy) is 1. The zero-order valence-corrected chi connectivity index (χ0v) is 18.9. The lowest BCUT2D eigenvalue weighted by molar-refractivity contribution is -0.153. The van der Waals surface area contributed by atoms with Crippen molar-refractivity contribution in [3.05, 3.63) is 54.1 Å². The molecule has 1 heterocycles. The summed E-state index contributed by atoms with van der Waals surface area (Å²) in [6.07, 6.45) is -0.660. The molecule has 0 saturated carbocycles. The Hall–Kier alpha value is -3.73. The van der Waals surface area contributed by atoms with Gasteiger partial charge in [-0.3, -0.25) is 24.1 Å². The molecule has 1 aliphatic heterocycles. The van der Waals surface area contributed by atoms with Gasteiger partial charge in [-0.2, -0.15) is 0 Å². The van der Waals surface area contributed by atoms with Crippen LogP contribution in [0.4, 0.5) is 11.4 Å². The van der Waals surface area contributed by atoms with Crippen molar-refractivity contribution in [3.8, 4) is 0 Å². The van der Waals surface area contributed by atoms with Gasteiger partial charge in [-0.15, -0.1) is 0 Å². The molecule has 0 radical (unpaired) electrons. The summed E-state index contributed by atoms with van der Waals surface area (Å²) in [5.74, 6) is -1.01. The highest BCUT2D eigenvalue weighted by molar-refractivity contribution is 7.90. The number of hydrogen-bond donors (Lipinski definition) is 3. The second-order valence-corrected chi connectivity index (χ2v) is 8.97. The topological polar surface area (TPSA) is 143 Å². The number of benzene rings is 2. The van der Waals surface area contributed by atoms with E-state index in [9.17, 15) is 22.8 Å². The zero-order valence-electron chi connectivity index (χ0n) is 18.1. The van der Waals surface area contributed by atoms with E-state index in [4.69, 9.17) is 4.74 Å². The quantitative estimate of drug-likeness (QED) is 0.396. The van der Waals surface area contributed by atoms with E-state index in [0.717, 1.165) is 0 Å². The molecular formula is C22H24N4O6S. The minimum Gasteiger partial charge on any atom is -0.453 e. The van der Waals surface area contributed by atoms with Crippen LogP contribution in [0.3, 0.4) is 0 Å². The standard InChI is InChI=1S/C22H24N4O6S/c1-14(22(29)25-17-11-9-16(10-12-17)24-15(2)27)32-20(28)8-5-13-23-21-18-6-3-4-7-19(18)33(30,31)26-21/h3-4,6-7,9-12,14H,5,8,13H2,1-2H3,(H,23,26)(H,24,27)(H,25,29)/t14-/m1/s1. The average molecular weight is 473 g/mol. The maximum Gasteiger partial charge on any atom is 0.306 e. The van der Waals surface area contributed by atoms with Crippen LogP contribution in [-0.2, 0) is 29.1 Å². The van der Waals surface area contributed by atoms with Crippen molar-refractivity contribution in [1.29, 1.82) is 0 Å². The first kappa shape index (κ1) is 23.9. The van der Waals surface area contributed by atoms with Crippen LogP contribution in [0.5, 0.6) is 0 Å². The van der Waals surface area contributed by atoms with Crippen LogP contribution in [-0.4, -0.2) is 44.7 Å². The minimum atomic E-state index is -3.60. The third-order valence-electron chi connectivity index (χ3n) is 4.62. The smallest absolute Gasteiger partial charge is 0.306 e. The van der Waals surface area contributed by atoms with Crippen LogP contribution in [0, 0.1) is 0 Å². The maximum absolute atomic E-state index is 12.2. The van der Waals surface area contributed by atoms with Crippen molar-refractivity contribution < 1.29 is 27.5 Å². The van der Waals surface area contributed by atoms with Crippen LogP contribution in [0.15, 0.2) is 58.4 Å². The molecule has 1 aliphatic rings. The lowest BCUT2D eigenvalue weighted by atomic mass is 10.2. The van der Waals surface area contributed by atoms with Gasteiger partial charge in [-0.1, -0.05) is 12.1 Å². The van der Waals surface area contributed by atoms with Crippen molar-refractivity contribution in [3.63, 3.8) is 0 Å². The van der Waals surface area contributed by atoms with Crippen LogP contribution in [0.1, 0.15) is 32.3 Å². The van der Waals surface area contributed by atoms with Gasteiger partial charge in [0, 0.05) is 36.8 Å². The van der Waals surface area contributed by atoms with Gasteiger partial charge in [0.2, 0.25) is 5.91 Å². The summed E-state index contributed by atoms with van der Waals surface area (Å²) in [6.45, 7) is 3.07. The Morgan fingerprint density at radius 3 is 2.33 bits per heavy atom. The van der Waals surface area contributed by atoms with E-state index < -0.39 is 28.0 Å². The van der Waals surface area contributed by atoms with E-state index in [1.165, 1.54) is 19.9 Å². The molecule has 0 fully saturated rings. The maximum atomic E-state index is 12.2. The highest BCUT2D eigenvalue weighted by Crippen LogP contribution is 2.22. The SMILES string of the molecule is CC(=O)Nc1ccc(NC(=O)[C@@H](C)OC(=O)CCCN=C2NS(=O)(=O)c3ccccc32)cc1. The van der Waals surface area contributed by atoms with Gasteiger partial charge in [-0.25, -0.2) is 8.42 Å². The summed E-state index contributed by atoms with van der Waals surface area (Å²) < 4.78 is 31.7. The van der Waals surface area contributed by atoms with Crippen LogP contribution in [0.2, 0.25) is 0 Å². The second-order valence-electron chi connectivity index (χ2n) is 7.32. The molecule has 3 N–H and O–H groups in total. The van der Waals surface area contributed by atoms with Crippen molar-refractivity contribution in [2.24, 2.45) is 4.99 Å². The Balaban J connectivity index is 1.44. The third-order valence-corrected chi connectivity index (χ3v) is 6.02. The zero-order chi connectivity index (χ0) is 24.0. The Labute approximate surface area is 191 Å². The lowest BCUT2D eigenvalue weighted by Gasteiger charge is -2.13. The number of nitrogens with zero attached hydrogens (tertiary/aromatic N) is 1. The molecule has 2 aromatic rings. The van der Waals surface area contributed by atoms with Gasteiger partial charge < -0.3 is 15.4 Å². The fourth-order valence-electron chi connectivity index (χ4n) is 3.06. The van der Waals surface area contributed by atoms with Crippen molar-refractivity contribution in [2.45, 2.75) is 37.7 Å². The number of esters is 1. The van der Waals surface area contributed by atoms with Gasteiger partial charge in [0.15, 0.2) is 6.10 Å². The van der Waals surface area contributed by atoms with Crippen molar-refractivity contribution >= 4 is 45.0 Å². The number of sulfonamides is 1. The van der Waals surface area contributed by atoms with Gasteiger partial charge in [-0.05, 0) is 49.7 Å². The Kier molecular flexibility index (Phi) is 7.44. The largest absolute Gasteiger partial charge is 0.453 e. The number of hydrogen-bond acceptors (Lipinski definition) is 7. The molecule has 0 aliphatic carbocycles. The number of carbonyl (C=O) groups excluding carboxylic acids is 3. The van der Waals surface area contributed by atoms with Gasteiger partial charge >= 0.3 is 5.97 Å². The third kappa shape index (κ3) is 6.39. The van der Waals surface area contributed by atoms with Gasteiger partial charge in [0.1, 0.15) is 5.84 Å². The molecule has 0 aromatic heterocycles. The second kappa shape index (κ2) is 10.3.